The summed E-state index contributed by atoms with van der Waals surface area (Å²) in [7, 11) is 2.17. The van der Waals surface area contributed by atoms with Crippen LogP contribution in [0, 0.1) is 11.8 Å². The Hall–Kier alpha value is -2.11. The number of benzene rings is 1. The highest BCUT2D eigenvalue weighted by atomic mass is 32.1. The molecule has 4 rings (SSSR count). The quantitative estimate of drug-likeness (QED) is 0.643. The van der Waals surface area contributed by atoms with Gasteiger partial charge in [0.05, 0.1) is 5.56 Å². The largest absolute Gasteiger partial charge is 0.478 e. The SMILES string of the molecule is CC1CCC(C2=C(c3csc(-c4ccc(N)cc4)c3C(=O)O)CCN(C)C2)CC1. The van der Waals surface area contributed by atoms with Crippen LogP contribution >= 0.6 is 11.3 Å². The number of carboxylic acids is 1. The Morgan fingerprint density at radius 3 is 2.52 bits per heavy atom. The van der Waals surface area contributed by atoms with Gasteiger partial charge in [-0.05, 0) is 72.4 Å². The molecule has 5 heteroatoms. The molecule has 0 bridgehead atoms. The van der Waals surface area contributed by atoms with E-state index in [1.54, 1.807) is 0 Å². The summed E-state index contributed by atoms with van der Waals surface area (Å²) in [6.45, 7) is 4.29. The van der Waals surface area contributed by atoms with E-state index in [9.17, 15) is 9.90 Å². The highest BCUT2D eigenvalue weighted by molar-refractivity contribution is 7.14. The van der Waals surface area contributed by atoms with Crippen LogP contribution in [0.25, 0.3) is 16.0 Å². The van der Waals surface area contributed by atoms with Gasteiger partial charge in [-0.1, -0.05) is 31.9 Å². The average molecular weight is 411 g/mol. The molecule has 0 spiro atoms. The first-order valence-corrected chi connectivity index (χ1v) is 11.4. The fraction of sp³-hybridized carbons (Fsp3) is 0.458. The molecule has 4 nitrogen and oxygen atoms in total. The van der Waals surface area contributed by atoms with Gasteiger partial charge in [0.25, 0.3) is 0 Å². The van der Waals surface area contributed by atoms with Gasteiger partial charge in [0.1, 0.15) is 0 Å². The van der Waals surface area contributed by atoms with Crippen molar-refractivity contribution in [1.29, 1.82) is 0 Å². The summed E-state index contributed by atoms with van der Waals surface area (Å²) < 4.78 is 0. The van der Waals surface area contributed by atoms with Crippen molar-refractivity contribution in [3.8, 4) is 10.4 Å². The lowest BCUT2D eigenvalue weighted by Gasteiger charge is -2.35. The third-order valence-electron chi connectivity index (χ3n) is 6.58. The van der Waals surface area contributed by atoms with Crippen LogP contribution in [0.4, 0.5) is 5.69 Å². The van der Waals surface area contributed by atoms with E-state index in [1.165, 1.54) is 48.2 Å². The predicted octanol–water partition coefficient (Wildman–Crippen LogP) is 5.61. The van der Waals surface area contributed by atoms with Gasteiger partial charge in [-0.25, -0.2) is 4.79 Å². The molecule has 3 N–H and O–H groups in total. The fourth-order valence-electron chi connectivity index (χ4n) is 4.86. The van der Waals surface area contributed by atoms with E-state index in [2.05, 4.69) is 24.3 Å². The molecule has 1 saturated carbocycles. The van der Waals surface area contributed by atoms with Crippen molar-refractivity contribution < 1.29 is 9.90 Å². The van der Waals surface area contributed by atoms with Crippen molar-refractivity contribution in [3.63, 3.8) is 0 Å². The van der Waals surface area contributed by atoms with Crippen LogP contribution < -0.4 is 5.73 Å². The molecule has 0 saturated heterocycles. The lowest BCUT2D eigenvalue weighted by Crippen LogP contribution is -2.31. The van der Waals surface area contributed by atoms with Crippen molar-refractivity contribution in [1.82, 2.24) is 4.90 Å². The van der Waals surface area contributed by atoms with Crippen LogP contribution in [0.5, 0.6) is 0 Å². The second kappa shape index (κ2) is 8.33. The van der Waals surface area contributed by atoms with E-state index in [-0.39, 0.29) is 0 Å². The van der Waals surface area contributed by atoms with Crippen LogP contribution in [0.2, 0.25) is 0 Å². The molecule has 2 aromatic rings. The van der Waals surface area contributed by atoms with Gasteiger partial charge in [0.15, 0.2) is 0 Å². The van der Waals surface area contributed by atoms with Crippen LogP contribution in [0.3, 0.4) is 0 Å². The molecule has 1 aliphatic heterocycles. The molecule has 1 aliphatic carbocycles. The molecule has 2 aliphatic rings. The van der Waals surface area contributed by atoms with Gasteiger partial charge in [-0.15, -0.1) is 11.3 Å². The molecule has 0 radical (unpaired) electrons. The topological polar surface area (TPSA) is 66.6 Å². The minimum atomic E-state index is -0.837. The van der Waals surface area contributed by atoms with Gasteiger partial charge in [-0.2, -0.15) is 0 Å². The first-order chi connectivity index (χ1) is 13.9. The predicted molar refractivity (Wildman–Crippen MR) is 121 cm³/mol. The Kier molecular flexibility index (Phi) is 5.79. The molecule has 1 aromatic heterocycles. The number of nitrogens with two attached hydrogens (primary N) is 1. The average Bonchev–Trinajstić information content (AvgIpc) is 3.14. The molecular weight excluding hydrogens is 380 g/mol. The van der Waals surface area contributed by atoms with E-state index in [4.69, 9.17) is 5.73 Å². The number of thiophene rings is 1. The molecule has 2 heterocycles. The molecule has 0 unspecified atom stereocenters. The molecule has 0 atom stereocenters. The maximum absolute atomic E-state index is 12.3. The molecule has 154 valence electrons. The van der Waals surface area contributed by atoms with Gasteiger partial charge < -0.3 is 15.7 Å². The van der Waals surface area contributed by atoms with Gasteiger partial charge in [-0.3, -0.25) is 0 Å². The number of nitrogen functional groups attached to an aromatic ring is 1. The van der Waals surface area contributed by atoms with Gasteiger partial charge in [0, 0.05) is 29.2 Å². The zero-order valence-corrected chi connectivity index (χ0v) is 18.1. The van der Waals surface area contributed by atoms with Gasteiger partial charge >= 0.3 is 5.97 Å². The zero-order valence-electron chi connectivity index (χ0n) is 17.3. The summed E-state index contributed by atoms with van der Waals surface area (Å²) in [6.07, 6.45) is 5.93. The van der Waals surface area contributed by atoms with Gasteiger partial charge in [0.2, 0.25) is 0 Å². The van der Waals surface area contributed by atoms with Crippen LogP contribution in [-0.4, -0.2) is 36.1 Å². The van der Waals surface area contributed by atoms with Crippen molar-refractivity contribution in [3.05, 3.63) is 46.3 Å². The summed E-state index contributed by atoms with van der Waals surface area (Å²) in [5.74, 6) is 0.561. The number of aromatic carboxylic acids is 1. The van der Waals surface area contributed by atoms with E-state index >= 15 is 0 Å². The van der Waals surface area contributed by atoms with Crippen LogP contribution in [0.15, 0.2) is 35.2 Å². The number of anilines is 1. The smallest absolute Gasteiger partial charge is 0.337 e. The third-order valence-corrected chi connectivity index (χ3v) is 7.61. The second-order valence-corrected chi connectivity index (χ2v) is 9.61. The maximum Gasteiger partial charge on any atom is 0.337 e. The standard InChI is InChI=1S/C24H30N2O2S/c1-15-3-5-16(6-4-15)20-13-26(2)12-11-19(20)21-14-29-23(22(21)24(27)28)17-7-9-18(25)10-8-17/h7-10,14-16H,3-6,11-13,25H2,1-2H3,(H,27,28). The minimum absolute atomic E-state index is 0.459. The third kappa shape index (κ3) is 4.12. The van der Waals surface area contributed by atoms with E-state index in [0.717, 1.165) is 41.4 Å². The number of likely N-dealkylation sites (N-methyl/N-ethyl adjacent to an activating group) is 1. The Labute approximate surface area is 177 Å². The first kappa shape index (κ1) is 20.2. The Morgan fingerprint density at radius 2 is 1.86 bits per heavy atom. The summed E-state index contributed by atoms with van der Waals surface area (Å²) in [5.41, 5.74) is 11.6. The molecule has 29 heavy (non-hydrogen) atoms. The lowest BCUT2D eigenvalue weighted by molar-refractivity contribution is 0.0698. The minimum Gasteiger partial charge on any atom is -0.478 e. The second-order valence-electron chi connectivity index (χ2n) is 8.73. The van der Waals surface area contributed by atoms with E-state index in [1.807, 2.05) is 24.3 Å². The summed E-state index contributed by atoms with van der Waals surface area (Å²) in [4.78, 5) is 15.5. The van der Waals surface area contributed by atoms with Crippen molar-refractivity contribution in [2.75, 3.05) is 25.9 Å². The number of hydrogen-bond acceptors (Lipinski definition) is 4. The number of carbonyl (C=O) groups is 1. The number of rotatable bonds is 4. The molecule has 1 fully saturated rings. The van der Waals surface area contributed by atoms with E-state index in [0.29, 0.717) is 17.2 Å². The van der Waals surface area contributed by atoms with Crippen molar-refractivity contribution >= 4 is 28.6 Å². The van der Waals surface area contributed by atoms with Crippen LogP contribution in [-0.2, 0) is 0 Å². The highest BCUT2D eigenvalue weighted by Gasteiger charge is 2.30. The normalized spacial score (nSPS) is 23.4. The molecule has 1 aromatic carbocycles. The fourth-order valence-corrected chi connectivity index (χ4v) is 5.94. The monoisotopic (exact) mass is 410 g/mol. The number of hydrogen-bond donors (Lipinski definition) is 2. The molecular formula is C24H30N2O2S. The number of carboxylic acid groups (broad SMARTS) is 1. The Balaban J connectivity index is 1.80. The maximum atomic E-state index is 12.3. The Morgan fingerprint density at radius 1 is 1.17 bits per heavy atom. The number of nitrogens with zero attached hydrogens (tertiary/aromatic N) is 1. The summed E-state index contributed by atoms with van der Waals surface area (Å²) in [5, 5.41) is 12.2. The Bertz CT molecular complexity index is 921. The van der Waals surface area contributed by atoms with E-state index < -0.39 is 5.97 Å². The summed E-state index contributed by atoms with van der Waals surface area (Å²) in [6, 6.07) is 7.52. The zero-order chi connectivity index (χ0) is 20.5. The lowest BCUT2D eigenvalue weighted by atomic mass is 9.75. The first-order valence-electron chi connectivity index (χ1n) is 10.6. The van der Waals surface area contributed by atoms with Crippen LogP contribution in [0.1, 0.15) is 54.9 Å². The molecule has 0 amide bonds. The summed E-state index contributed by atoms with van der Waals surface area (Å²) >= 11 is 1.54. The van der Waals surface area contributed by atoms with Crippen molar-refractivity contribution in [2.24, 2.45) is 11.8 Å². The van der Waals surface area contributed by atoms with Crippen molar-refractivity contribution in [2.45, 2.75) is 39.0 Å². The highest BCUT2D eigenvalue weighted by Crippen LogP contribution is 2.43.